The molecule has 0 saturated carbocycles. The van der Waals surface area contributed by atoms with E-state index >= 15 is 23.6 Å². The SMILES string of the molecule is NCCCC[C@@H]1NC(=O)CCSCc2cccc(c2)CSC[C@@H](C(N)=O)CC(=O)[C@@H]2CCCN2C(=O)[C@H](Cc2ccc(-c3ccccc3)cc2)NC(=O)[C@H](Cc2c[nH]cn2)NC(=O)[C@H](CC(=O)O)NC(=O)[C@H](CC2=CCc3ccc(F)cc32)NC(=O)[C@H](Cc2c[nH]c3ccc(F)cc23)NC(=O)CNC1=O. The lowest BCUT2D eigenvalue weighted by Gasteiger charge is -2.30. The van der Waals surface area contributed by atoms with Gasteiger partial charge in [0.1, 0.15) is 47.9 Å². The molecule has 7 aromatic rings. The molecule has 1 saturated heterocycles. The molecule has 0 unspecified atom stereocenters. The van der Waals surface area contributed by atoms with Gasteiger partial charge in [0.15, 0.2) is 5.78 Å². The first-order chi connectivity index (χ1) is 50.6. The monoisotopic (exact) mass is 1470 g/mol. The van der Waals surface area contributed by atoms with Gasteiger partial charge >= 0.3 is 5.97 Å². The number of primary amides is 1. The zero-order valence-corrected chi connectivity index (χ0v) is 59.2. The van der Waals surface area contributed by atoms with Gasteiger partial charge < -0.3 is 68.7 Å². The maximum absolute atomic E-state index is 15.3. The Balaban J connectivity index is 0.980. The molecule has 4 heterocycles. The number of carbonyl (C=O) groups is 11. The van der Waals surface area contributed by atoms with Crippen LogP contribution in [0.1, 0.15) is 96.9 Å². The number of amides is 9. The molecule has 3 aliphatic rings. The molecule has 1 fully saturated rings. The summed E-state index contributed by atoms with van der Waals surface area (Å²) >= 11 is 2.89. The number of H-pyrrole nitrogens is 2. The van der Waals surface area contributed by atoms with Crippen LogP contribution in [0, 0.1) is 17.6 Å². The fourth-order valence-corrected chi connectivity index (χ4v) is 15.2. The molecule has 105 heavy (non-hydrogen) atoms. The van der Waals surface area contributed by atoms with Crippen molar-refractivity contribution < 1.29 is 66.6 Å². The van der Waals surface area contributed by atoms with E-state index in [0.29, 0.717) is 81.8 Å². The maximum atomic E-state index is 15.3. The van der Waals surface area contributed by atoms with Crippen LogP contribution >= 0.6 is 23.5 Å². The number of nitrogens with two attached hydrogens (primary N) is 2. The Kier molecular flexibility index (Phi) is 27.4. The van der Waals surface area contributed by atoms with E-state index in [0.717, 1.165) is 22.3 Å². The van der Waals surface area contributed by atoms with Crippen molar-refractivity contribution in [1.29, 1.82) is 0 Å². The largest absolute Gasteiger partial charge is 0.481 e. The maximum Gasteiger partial charge on any atom is 0.305 e. The van der Waals surface area contributed by atoms with Gasteiger partial charge in [-0.25, -0.2) is 13.8 Å². The molecule has 552 valence electrons. The zero-order valence-electron chi connectivity index (χ0n) is 57.6. The molecule has 2 bridgehead atoms. The minimum atomic E-state index is -2.01. The van der Waals surface area contributed by atoms with E-state index in [1.807, 2.05) is 66.7 Å². The molecule has 8 atom stereocenters. The van der Waals surface area contributed by atoms with Crippen LogP contribution in [0.4, 0.5) is 8.78 Å². The number of imidazole rings is 1. The Bertz CT molecular complexity index is 4330. The molecule has 5 aromatic carbocycles. The summed E-state index contributed by atoms with van der Waals surface area (Å²) in [5.74, 6) is -10.4. The first-order valence-electron chi connectivity index (χ1n) is 34.9. The number of ketones is 1. The van der Waals surface area contributed by atoms with Crippen LogP contribution in [0.3, 0.4) is 0 Å². The predicted octanol–water partition coefficient (Wildman–Crippen LogP) is 5.14. The topological polar surface area (TPSA) is 392 Å². The number of aromatic amines is 2. The quantitative estimate of drug-likeness (QED) is 0.0557. The van der Waals surface area contributed by atoms with Crippen LogP contribution in [-0.2, 0) is 89.9 Å². The second kappa shape index (κ2) is 37.3. The van der Waals surface area contributed by atoms with Crippen molar-refractivity contribution >= 4 is 105 Å². The van der Waals surface area contributed by atoms with E-state index in [1.54, 1.807) is 24.3 Å². The molecule has 0 radical (unpaired) electrons. The van der Waals surface area contributed by atoms with Crippen LogP contribution < -0.4 is 48.7 Å². The number of unbranched alkanes of at least 4 members (excludes halogenated alkanes) is 1. The highest BCUT2D eigenvalue weighted by Crippen LogP contribution is 2.33. The number of allylic oxidation sites excluding steroid dienone is 1. The normalized spacial score (nSPS) is 22.0. The Morgan fingerprint density at radius 2 is 1.31 bits per heavy atom. The van der Waals surface area contributed by atoms with Crippen LogP contribution in [0.2, 0.25) is 0 Å². The average molecular weight is 1470 g/mol. The Labute approximate surface area is 613 Å². The summed E-state index contributed by atoms with van der Waals surface area (Å²) in [6, 6.07) is 21.9. The zero-order chi connectivity index (χ0) is 74.5. The molecular weight excluding hydrogens is 1390 g/mol. The average Bonchev–Trinajstić information content (AvgIpc) is 1.79. The molecule has 29 heteroatoms. The fraction of sp³-hybridized carbons (Fsp3) is 0.368. The third-order valence-corrected chi connectivity index (χ3v) is 20.9. The minimum absolute atomic E-state index is 0.0250. The molecule has 2 aromatic heterocycles. The van der Waals surface area contributed by atoms with E-state index in [4.69, 9.17) is 11.5 Å². The molecule has 9 amide bonds. The van der Waals surface area contributed by atoms with Crippen molar-refractivity contribution in [1.82, 2.24) is 57.1 Å². The fourth-order valence-electron chi connectivity index (χ4n) is 13.2. The molecule has 0 spiro atoms. The highest BCUT2D eigenvalue weighted by atomic mass is 32.2. The molecule has 2 aliphatic heterocycles. The number of nitrogens with zero attached hydrogens (tertiary/aromatic N) is 2. The van der Waals surface area contributed by atoms with Crippen molar-refractivity contribution in [2.75, 3.05) is 31.1 Å². The number of fused-ring (bicyclic) bond motifs is 5. The lowest BCUT2D eigenvalue weighted by atomic mass is 9.96. The number of hydrogen-bond donors (Lipinski definition) is 12. The van der Waals surface area contributed by atoms with Gasteiger partial charge in [0, 0.05) is 91.4 Å². The van der Waals surface area contributed by atoms with Gasteiger partial charge in [-0.15, -0.1) is 0 Å². The molecule has 1 aliphatic carbocycles. The van der Waals surface area contributed by atoms with Gasteiger partial charge in [-0.2, -0.15) is 23.5 Å². The molecule has 10 rings (SSSR count). The van der Waals surface area contributed by atoms with Gasteiger partial charge in [-0.05, 0) is 125 Å². The van der Waals surface area contributed by atoms with Crippen LogP contribution in [0.25, 0.3) is 27.6 Å². The van der Waals surface area contributed by atoms with E-state index in [9.17, 15) is 43.1 Å². The van der Waals surface area contributed by atoms with Crippen LogP contribution in [-0.4, -0.2) is 163 Å². The summed E-state index contributed by atoms with van der Waals surface area (Å²) in [5.41, 5.74) is 18.4. The number of carbonyl (C=O) groups excluding carboxylic acids is 10. The van der Waals surface area contributed by atoms with Gasteiger partial charge in [-0.1, -0.05) is 91.0 Å². The molecular formula is C76H85F2N13O12S2. The minimum Gasteiger partial charge on any atom is -0.481 e. The number of hydrogen-bond acceptors (Lipinski definition) is 15. The number of halogens is 2. The van der Waals surface area contributed by atoms with Gasteiger partial charge in [0.2, 0.25) is 53.2 Å². The third kappa shape index (κ3) is 21.8. The van der Waals surface area contributed by atoms with Crippen molar-refractivity contribution in [2.45, 2.75) is 137 Å². The first kappa shape index (κ1) is 77.1. The summed E-state index contributed by atoms with van der Waals surface area (Å²) in [7, 11) is 0. The predicted molar refractivity (Wildman–Crippen MR) is 393 cm³/mol. The lowest BCUT2D eigenvalue weighted by Crippen LogP contribution is -2.60. The standard InChI is InChI=1S/C76H85F2N13O12S2/c77-53-21-20-49-18-19-50(56(49)33-53)30-61-73(100)89-63(36-69(95)96)75(102)88-62(35-55-38-81-43-84-55)74(101)90-64(29-44-14-16-48(17-15-44)47-10-2-1-3-11-47)76(103)91-26-7-13-65(91)66(92)32-52(70(80)97)42-105-41-46-9-6-8-45(28-46)40-104-27-24-67(93)85-59(12-4-5-25-79)71(98)83-39-68(94)86-60(72(99)87-61)31-51-37-82-58-23-22-54(78)34-57(51)58/h1-3,6,8-11,14-17,19-23,28,33-34,37-38,43,52,59-65,82H,4-5,7,12-13,18,24-27,29-32,35-36,39-42,79H2,(H2,80,97)(H,81,84)(H,83,98)(H,85,93)(H,86,94)(H,87,99)(H,88,102)(H,89,100)(H,90,101)(H,95,96)/t52-,59-,60-,61-,62-,63-,64-,65-/m0/s1. The van der Waals surface area contributed by atoms with E-state index < -0.39 is 144 Å². The van der Waals surface area contributed by atoms with Crippen LogP contribution in [0.5, 0.6) is 0 Å². The first-order valence-corrected chi connectivity index (χ1v) is 37.2. The summed E-state index contributed by atoms with van der Waals surface area (Å²) in [5, 5.41) is 29.3. The Hall–Kier alpha value is -10.5. The van der Waals surface area contributed by atoms with E-state index in [1.165, 1.54) is 77.5 Å². The van der Waals surface area contributed by atoms with Crippen molar-refractivity contribution in [2.24, 2.45) is 17.4 Å². The summed E-state index contributed by atoms with van der Waals surface area (Å²) in [6.07, 6.45) is 5.37. The Morgan fingerprint density at radius 1 is 0.648 bits per heavy atom. The highest BCUT2D eigenvalue weighted by Gasteiger charge is 2.41. The van der Waals surface area contributed by atoms with E-state index in [-0.39, 0.29) is 69.4 Å². The number of nitrogens with one attached hydrogen (secondary N) is 9. The van der Waals surface area contributed by atoms with Crippen molar-refractivity contribution in [3.63, 3.8) is 0 Å². The summed E-state index contributed by atoms with van der Waals surface area (Å²) in [4.78, 5) is 169. The Morgan fingerprint density at radius 3 is 2.03 bits per heavy atom. The second-order valence-corrected chi connectivity index (χ2v) is 28.5. The van der Waals surface area contributed by atoms with Gasteiger partial charge in [0.25, 0.3) is 0 Å². The van der Waals surface area contributed by atoms with Crippen molar-refractivity contribution in [3.05, 3.63) is 191 Å². The number of aliphatic carboxylic acids is 1. The molecule has 14 N–H and O–H groups in total. The third-order valence-electron chi connectivity index (χ3n) is 18.7. The highest BCUT2D eigenvalue weighted by molar-refractivity contribution is 7.98. The lowest BCUT2D eigenvalue weighted by molar-refractivity contribution is -0.142. The van der Waals surface area contributed by atoms with E-state index in [2.05, 4.69) is 52.2 Å². The number of carboxylic acid groups (broad SMARTS) is 1. The number of carboxylic acids is 1. The molecule has 25 nitrogen and oxygen atoms in total. The van der Waals surface area contributed by atoms with Gasteiger partial charge in [0.05, 0.1) is 36.9 Å². The van der Waals surface area contributed by atoms with Crippen molar-refractivity contribution in [3.8, 4) is 11.1 Å². The number of thioether (sulfide) groups is 2. The number of Topliss-reactive ketones (excluding diaryl/α,β-unsaturated/α-hetero) is 1. The number of benzene rings is 5. The van der Waals surface area contributed by atoms with Gasteiger partial charge in [-0.3, -0.25) is 52.7 Å². The number of rotatable bonds is 16. The smallest absolute Gasteiger partial charge is 0.305 e. The summed E-state index contributed by atoms with van der Waals surface area (Å²) < 4.78 is 29.9. The van der Waals surface area contributed by atoms with Crippen LogP contribution in [0.15, 0.2) is 140 Å². The second-order valence-electron chi connectivity index (χ2n) is 26.4. The summed E-state index contributed by atoms with van der Waals surface area (Å²) in [6.45, 7) is -0.317. The number of aromatic nitrogens is 3.